The monoisotopic (exact) mass is 1210 g/mol. The highest BCUT2D eigenvalue weighted by Gasteiger charge is 2.35. The lowest BCUT2D eigenvalue weighted by atomic mass is 10.0. The first-order valence-electron chi connectivity index (χ1n) is 25.9. The predicted octanol–water partition coefficient (Wildman–Crippen LogP) is -5.04. The van der Waals surface area contributed by atoms with E-state index in [0.29, 0.717) is 11.3 Å². The molecule has 30 nitrogen and oxygen atoms in total. The van der Waals surface area contributed by atoms with Gasteiger partial charge >= 0.3 is 5.97 Å². The number of aliphatic carboxylic acids is 1. The van der Waals surface area contributed by atoms with E-state index in [0.717, 1.165) is 33.3 Å². The average molecular weight is 1210 g/mol. The minimum atomic E-state index is -1.80. The maximum Gasteiger partial charge on any atom is 0.305 e. The van der Waals surface area contributed by atoms with Crippen LogP contribution in [0.1, 0.15) is 56.7 Å². The summed E-state index contributed by atoms with van der Waals surface area (Å²) in [5, 5.41) is 55.5. The number of benzene rings is 1. The summed E-state index contributed by atoms with van der Waals surface area (Å²) in [6, 6.07) is -3.01. The summed E-state index contributed by atoms with van der Waals surface area (Å²) in [6.45, 7) is -0.290. The number of nitrogens with two attached hydrogens (primary N) is 1. The topological polar surface area (TPSA) is 450 Å². The average Bonchev–Trinajstić information content (AvgIpc) is 3.89. The Morgan fingerprint density at radius 3 is 2.01 bits per heavy atom. The van der Waals surface area contributed by atoms with Crippen LogP contribution in [0.2, 0.25) is 0 Å². The molecule has 2 fully saturated rings. The van der Waals surface area contributed by atoms with Crippen molar-refractivity contribution in [2.24, 2.45) is 5.73 Å². The number of fused-ring (bicyclic) bond motifs is 5. The lowest BCUT2D eigenvalue weighted by molar-refractivity contribution is -0.141. The molecule has 4 rings (SSSR count). The van der Waals surface area contributed by atoms with Crippen LogP contribution in [0, 0.1) is 5.41 Å². The summed E-state index contributed by atoms with van der Waals surface area (Å²) in [6.07, 6.45) is 0.564. The molecule has 82 heavy (non-hydrogen) atoms. The number of halogens is 1. The Morgan fingerprint density at radius 1 is 0.768 bits per heavy atom. The largest absolute Gasteiger partial charge is 0.481 e. The van der Waals surface area contributed by atoms with Crippen molar-refractivity contribution in [3.05, 3.63) is 47.8 Å². The van der Waals surface area contributed by atoms with Crippen LogP contribution in [0.4, 0.5) is 4.39 Å². The van der Waals surface area contributed by atoms with Gasteiger partial charge in [0.2, 0.25) is 65.0 Å². The Balaban J connectivity index is 1.71. The number of thioether (sulfide) groups is 1. The Bertz CT molecular complexity index is 2590. The summed E-state index contributed by atoms with van der Waals surface area (Å²) < 4.78 is 14.1. The van der Waals surface area contributed by atoms with Gasteiger partial charge in [0.25, 0.3) is 0 Å². The highest BCUT2D eigenvalue weighted by molar-refractivity contribution is 8.76. The molecule has 16 N–H and O–H groups in total. The second kappa shape index (κ2) is 35.2. The molecule has 2 aromatic rings. The molecule has 11 amide bonds. The molecule has 0 spiro atoms. The Labute approximate surface area is 482 Å². The van der Waals surface area contributed by atoms with E-state index in [1.54, 1.807) is 30.3 Å². The lowest BCUT2D eigenvalue weighted by Crippen LogP contribution is -2.60. The number of carboxylic acids is 1. The molecule has 0 aliphatic carbocycles. The molecule has 1 unspecified atom stereocenters. The zero-order valence-corrected chi connectivity index (χ0v) is 47.4. The van der Waals surface area contributed by atoms with Crippen LogP contribution in [0.3, 0.4) is 0 Å². The standard InChI is InChI=1S/C48H70FN17O13S3/c1-26(67)56-32(18-28-21-66(16-13-49)65-64-28)42(74)53-14-7-6-11-30-43(75)62-35-23-81-82-24-36(47(79)60-31(17-27-9-4-3-5-10-27)44(76)61-34(40(72)52-2)22-80-25-38(69)57-30)63-45(77)33(19-39(70)71)58-37(68)20-55-41(73)29(59-46(35)78)12-8-15-54-48(50)51/h3-5,9-10,21,29-36H,6-8,11-20,22-25H2,1-2H3,(H,52,72)(H,53,74)(H,55,73)(H,56,67)(H,57,69)(H,58,68)(H,59,78)(H,60,79)(H,61,76)(H,62,75)(H,63,77)(H,70,71)(H4,50,51,54)/t29-,30-,31-,32?,33-,34-,35-,36-/m0/s1/i49-1. The van der Waals surface area contributed by atoms with Crippen LogP contribution in [0.5, 0.6) is 0 Å². The van der Waals surface area contributed by atoms with Gasteiger partial charge in [0, 0.05) is 63.4 Å². The van der Waals surface area contributed by atoms with Crippen LogP contribution in [-0.4, -0.2) is 202 Å². The molecule has 2 saturated heterocycles. The molecule has 1 aromatic heterocycles. The van der Waals surface area contributed by atoms with Crippen molar-refractivity contribution in [1.29, 1.82) is 5.41 Å². The predicted molar refractivity (Wildman–Crippen MR) is 299 cm³/mol. The van der Waals surface area contributed by atoms with Gasteiger partial charge in [0.05, 0.1) is 31.0 Å². The van der Waals surface area contributed by atoms with Crippen LogP contribution >= 0.6 is 33.3 Å². The van der Waals surface area contributed by atoms with E-state index < -0.39 is 139 Å². The number of aromatic nitrogens is 3. The summed E-state index contributed by atoms with van der Waals surface area (Å²) in [5.41, 5.74) is 6.30. The first-order valence-corrected chi connectivity index (χ1v) is 29.6. The van der Waals surface area contributed by atoms with Crippen molar-refractivity contribution in [3.8, 4) is 0 Å². The number of amides is 11. The number of unbranched alkanes of at least 4 members (excludes halogenated alkanes) is 1. The van der Waals surface area contributed by atoms with Gasteiger partial charge in [0.15, 0.2) is 5.96 Å². The number of hydrogen-bond acceptors (Lipinski definition) is 18. The number of carbonyl (C=O) groups is 12. The van der Waals surface area contributed by atoms with Crippen molar-refractivity contribution in [2.75, 3.05) is 56.4 Å². The minimum Gasteiger partial charge on any atom is -0.481 e. The van der Waals surface area contributed by atoms with Crippen molar-refractivity contribution < 1.29 is 67.0 Å². The number of nitrogens with zero attached hydrogens (tertiary/aromatic N) is 3. The highest BCUT2D eigenvalue weighted by Crippen LogP contribution is 2.24. The number of alkyl halides is 1. The van der Waals surface area contributed by atoms with E-state index in [-0.39, 0.29) is 93.6 Å². The van der Waals surface area contributed by atoms with Crippen LogP contribution < -0.4 is 69.5 Å². The maximum atomic E-state index is 14.4. The first-order chi connectivity index (χ1) is 39.1. The van der Waals surface area contributed by atoms with E-state index in [1.807, 2.05) is 0 Å². The zero-order chi connectivity index (χ0) is 60.1. The molecule has 2 aliphatic rings. The third-order valence-corrected chi connectivity index (χ3v) is 15.5. The van der Waals surface area contributed by atoms with E-state index >= 15 is 0 Å². The number of carbonyl (C=O) groups excluding carboxylic acids is 11. The Hall–Kier alpha value is -7.75. The fraction of sp³-hybridized carbons (Fsp3) is 0.562. The number of rotatable bonds is 20. The van der Waals surface area contributed by atoms with E-state index in [2.05, 4.69) is 74.1 Å². The lowest BCUT2D eigenvalue weighted by Gasteiger charge is -2.27. The molecule has 8 atom stereocenters. The molecule has 450 valence electrons. The van der Waals surface area contributed by atoms with Crippen LogP contribution in [0.25, 0.3) is 0 Å². The third-order valence-electron chi connectivity index (χ3n) is 12.1. The van der Waals surface area contributed by atoms with Gasteiger partial charge in [-0.1, -0.05) is 57.1 Å². The maximum absolute atomic E-state index is 14.4. The SMILES string of the molecule is CNC(=O)[C@@H]1CSCC(=O)N[C@@H](CCCCNC(=O)C(Cc2cn(CC[18F])nn2)NC(C)=O)C(=O)N[C@H]2CSSC[C@H](NC(=O)[C@H](CC(=O)O)NC(=O)CNC(=O)[C@H](CCCNC(=N)N)NC2=O)C(=O)N[C@@H](Cc2ccccc2)C(=O)N1. The summed E-state index contributed by atoms with van der Waals surface area (Å²) in [7, 11) is 3.14. The quantitative estimate of drug-likeness (QED) is 0.0255. The van der Waals surface area contributed by atoms with Gasteiger partial charge in [-0.2, -0.15) is 0 Å². The molecule has 2 bridgehead atoms. The van der Waals surface area contributed by atoms with Gasteiger partial charge in [-0.3, -0.25) is 62.9 Å². The fourth-order valence-electron chi connectivity index (χ4n) is 7.97. The molecule has 0 saturated carbocycles. The molecule has 3 heterocycles. The molecular weight excluding hydrogens is 1140 g/mol. The number of carboxylic acid groups (broad SMARTS) is 1. The Kier molecular flexibility index (Phi) is 28.6. The van der Waals surface area contributed by atoms with Crippen molar-refractivity contribution in [1.82, 2.24) is 78.8 Å². The fourth-order valence-corrected chi connectivity index (χ4v) is 11.2. The smallest absolute Gasteiger partial charge is 0.305 e. The second-order valence-electron chi connectivity index (χ2n) is 18.6. The minimum absolute atomic E-state index is 0.0199. The third kappa shape index (κ3) is 24.1. The molecular formula is C48H70FN17O13S3. The van der Waals surface area contributed by atoms with Gasteiger partial charge in [-0.15, -0.1) is 16.9 Å². The van der Waals surface area contributed by atoms with Crippen LogP contribution in [-0.2, 0) is 76.9 Å². The normalized spacial score (nSPS) is 22.5. The van der Waals surface area contributed by atoms with Gasteiger partial charge in [0.1, 0.15) is 55.0 Å². The van der Waals surface area contributed by atoms with E-state index in [9.17, 15) is 67.0 Å². The number of likely N-dealkylation sites (N-methyl/N-ethyl adjacent to an activating group) is 1. The van der Waals surface area contributed by atoms with Gasteiger partial charge < -0.3 is 74.6 Å². The van der Waals surface area contributed by atoms with E-state index in [1.165, 1.54) is 24.9 Å². The van der Waals surface area contributed by atoms with Crippen molar-refractivity contribution in [3.63, 3.8) is 0 Å². The van der Waals surface area contributed by atoms with E-state index in [4.69, 9.17) is 11.1 Å². The first kappa shape index (κ1) is 66.8. The van der Waals surface area contributed by atoms with Gasteiger partial charge in [-0.05, 0) is 37.7 Å². The second-order valence-corrected chi connectivity index (χ2v) is 22.2. The molecule has 1 aromatic carbocycles. The number of hydrogen-bond donors (Lipinski definition) is 15. The highest BCUT2D eigenvalue weighted by atomic mass is 33.1. The van der Waals surface area contributed by atoms with Crippen molar-refractivity contribution >= 4 is 110 Å². The molecule has 2 aliphatic heterocycles. The zero-order valence-electron chi connectivity index (χ0n) is 45.0. The molecule has 34 heteroatoms. The molecule has 0 radical (unpaired) electrons. The summed E-state index contributed by atoms with van der Waals surface area (Å²) in [5.74, 6) is -12.3. The summed E-state index contributed by atoms with van der Waals surface area (Å²) in [4.78, 5) is 163. The number of aryl methyl sites for hydroxylation is 1. The summed E-state index contributed by atoms with van der Waals surface area (Å²) >= 11 is 0.907. The van der Waals surface area contributed by atoms with Gasteiger partial charge in [-0.25, -0.2) is 9.07 Å². The van der Waals surface area contributed by atoms with Crippen molar-refractivity contribution in [2.45, 2.75) is 113 Å². The van der Waals surface area contributed by atoms with Crippen LogP contribution in [0.15, 0.2) is 36.5 Å². The number of nitrogens with one attached hydrogen (secondary N) is 13. The Morgan fingerprint density at radius 2 is 1.38 bits per heavy atom. The number of guanidine groups is 1.